The summed E-state index contributed by atoms with van der Waals surface area (Å²) in [7, 11) is 0. The zero-order valence-corrected chi connectivity index (χ0v) is 13.7. The highest BCUT2D eigenvalue weighted by atomic mass is 15.3. The van der Waals surface area contributed by atoms with Crippen LogP contribution in [0.25, 0.3) is 10.9 Å². The second-order valence-electron chi connectivity index (χ2n) is 6.66. The van der Waals surface area contributed by atoms with Gasteiger partial charge in [0.25, 0.3) is 0 Å². The fourth-order valence-corrected chi connectivity index (χ4v) is 3.61. The molecule has 0 bridgehead atoms. The molecule has 0 unspecified atom stereocenters. The molecule has 0 N–H and O–H groups in total. The largest absolute Gasteiger partial charge is 0.297 e. The Morgan fingerprint density at radius 1 is 1.09 bits per heavy atom. The van der Waals surface area contributed by atoms with E-state index in [0.717, 1.165) is 13.1 Å². The summed E-state index contributed by atoms with van der Waals surface area (Å²) in [4.78, 5) is 2.56. The van der Waals surface area contributed by atoms with Gasteiger partial charge in [0, 0.05) is 18.5 Å². The minimum absolute atomic E-state index is 0.481. The molecule has 2 heterocycles. The quantitative estimate of drug-likeness (QED) is 0.724. The molecule has 0 aliphatic carbocycles. The van der Waals surface area contributed by atoms with Gasteiger partial charge in [0.15, 0.2) is 0 Å². The van der Waals surface area contributed by atoms with E-state index in [0.29, 0.717) is 6.04 Å². The van der Waals surface area contributed by atoms with Crippen molar-refractivity contribution in [2.75, 3.05) is 13.1 Å². The van der Waals surface area contributed by atoms with E-state index >= 15 is 0 Å². The maximum atomic E-state index is 4.66. The number of aromatic nitrogens is 2. The number of para-hydroxylation sites is 1. The Balaban J connectivity index is 1.51. The lowest BCUT2D eigenvalue weighted by molar-refractivity contribution is 0.165. The second-order valence-corrected chi connectivity index (χ2v) is 6.66. The summed E-state index contributed by atoms with van der Waals surface area (Å²) in [6, 6.07) is 17.9. The Morgan fingerprint density at radius 3 is 2.78 bits per heavy atom. The molecule has 3 heteroatoms. The number of piperidine rings is 1. The van der Waals surface area contributed by atoms with Crippen molar-refractivity contribution in [2.45, 2.75) is 32.4 Å². The molecule has 0 radical (unpaired) electrons. The second kappa shape index (κ2) is 6.17. The van der Waals surface area contributed by atoms with E-state index in [4.69, 9.17) is 0 Å². The van der Waals surface area contributed by atoms with Gasteiger partial charge in [-0.05, 0) is 37.9 Å². The summed E-state index contributed by atoms with van der Waals surface area (Å²) >= 11 is 0. The van der Waals surface area contributed by atoms with Crippen LogP contribution in [0, 0.1) is 6.92 Å². The first-order chi connectivity index (χ1) is 11.3. The van der Waals surface area contributed by atoms with Gasteiger partial charge in [-0.25, -0.2) is 0 Å². The Labute approximate surface area is 137 Å². The fourth-order valence-electron chi connectivity index (χ4n) is 3.61. The van der Waals surface area contributed by atoms with Crippen LogP contribution in [0.15, 0.2) is 54.7 Å². The lowest BCUT2D eigenvalue weighted by Gasteiger charge is -2.33. The van der Waals surface area contributed by atoms with Crippen LogP contribution in [0.5, 0.6) is 0 Å². The van der Waals surface area contributed by atoms with Gasteiger partial charge in [-0.15, -0.1) is 0 Å². The van der Waals surface area contributed by atoms with E-state index in [2.05, 4.69) is 70.1 Å². The van der Waals surface area contributed by atoms with Crippen molar-refractivity contribution in [3.05, 3.63) is 65.9 Å². The van der Waals surface area contributed by atoms with Gasteiger partial charge in [-0.2, -0.15) is 5.10 Å². The van der Waals surface area contributed by atoms with Gasteiger partial charge in [-0.3, -0.25) is 9.58 Å². The number of fused-ring (bicyclic) bond motifs is 1. The Hall–Kier alpha value is -2.13. The van der Waals surface area contributed by atoms with E-state index in [-0.39, 0.29) is 0 Å². The molecule has 1 saturated heterocycles. The van der Waals surface area contributed by atoms with Gasteiger partial charge in [0.1, 0.15) is 0 Å². The molecule has 0 spiro atoms. The van der Waals surface area contributed by atoms with Crippen molar-refractivity contribution in [2.24, 2.45) is 0 Å². The third-order valence-electron chi connectivity index (χ3n) is 4.86. The molecule has 1 aromatic heterocycles. The summed E-state index contributed by atoms with van der Waals surface area (Å²) in [6.45, 7) is 5.45. The molecule has 3 aromatic rings. The van der Waals surface area contributed by atoms with Crippen molar-refractivity contribution < 1.29 is 0 Å². The van der Waals surface area contributed by atoms with Crippen LogP contribution in [0.3, 0.4) is 0 Å². The molecule has 1 aliphatic heterocycles. The smallest absolute Gasteiger partial charge is 0.0686 e. The first-order valence-corrected chi connectivity index (χ1v) is 8.50. The van der Waals surface area contributed by atoms with E-state index in [9.17, 15) is 0 Å². The van der Waals surface area contributed by atoms with E-state index in [1.165, 1.54) is 41.4 Å². The van der Waals surface area contributed by atoms with Crippen molar-refractivity contribution in [1.29, 1.82) is 0 Å². The maximum Gasteiger partial charge on any atom is 0.0686 e. The van der Waals surface area contributed by atoms with Crippen molar-refractivity contribution in [1.82, 2.24) is 14.7 Å². The standard InChI is InChI=1S/C20H23N3/c1-16-8-10-17(11-9-16)14-22-12-4-6-19(15-22)23-20-7-3-2-5-18(20)13-21-23/h2-3,5,7-11,13,19H,4,6,12,14-15H2,1H3/t19-/m0/s1. The Bertz CT molecular complexity index is 788. The number of hydrogen-bond acceptors (Lipinski definition) is 2. The number of nitrogens with zero attached hydrogens (tertiary/aromatic N) is 3. The van der Waals surface area contributed by atoms with Gasteiger partial charge >= 0.3 is 0 Å². The zero-order chi connectivity index (χ0) is 15.6. The molecular weight excluding hydrogens is 282 g/mol. The predicted molar refractivity (Wildman–Crippen MR) is 94.5 cm³/mol. The minimum atomic E-state index is 0.481. The normalized spacial score (nSPS) is 19.3. The fraction of sp³-hybridized carbons (Fsp3) is 0.350. The summed E-state index contributed by atoms with van der Waals surface area (Å²) in [6.07, 6.45) is 4.45. The maximum absolute atomic E-state index is 4.66. The number of rotatable bonds is 3. The molecule has 0 amide bonds. The number of benzene rings is 2. The Morgan fingerprint density at radius 2 is 1.91 bits per heavy atom. The van der Waals surface area contributed by atoms with Gasteiger partial charge in [0.05, 0.1) is 17.8 Å². The van der Waals surface area contributed by atoms with Crippen molar-refractivity contribution in [3.63, 3.8) is 0 Å². The van der Waals surface area contributed by atoms with Crippen LogP contribution in [-0.2, 0) is 6.54 Å². The van der Waals surface area contributed by atoms with Crippen LogP contribution in [0.2, 0.25) is 0 Å². The third-order valence-corrected chi connectivity index (χ3v) is 4.86. The summed E-state index contributed by atoms with van der Waals surface area (Å²) < 4.78 is 2.23. The third kappa shape index (κ3) is 3.02. The number of aryl methyl sites for hydroxylation is 1. The molecule has 1 fully saturated rings. The summed E-state index contributed by atoms with van der Waals surface area (Å²) in [5, 5.41) is 5.90. The molecule has 23 heavy (non-hydrogen) atoms. The lowest BCUT2D eigenvalue weighted by atomic mass is 10.0. The molecule has 3 nitrogen and oxygen atoms in total. The molecule has 4 rings (SSSR count). The summed E-state index contributed by atoms with van der Waals surface area (Å²) in [5.41, 5.74) is 3.99. The lowest BCUT2D eigenvalue weighted by Crippen LogP contribution is -2.36. The SMILES string of the molecule is Cc1ccc(CN2CCC[C@H](n3ncc4ccccc43)C2)cc1. The molecule has 2 aromatic carbocycles. The van der Waals surface area contributed by atoms with Crippen molar-refractivity contribution >= 4 is 10.9 Å². The molecule has 0 saturated carbocycles. The predicted octanol–water partition coefficient (Wildman–Crippen LogP) is 4.18. The molecular formula is C20H23N3. The van der Waals surface area contributed by atoms with E-state index < -0.39 is 0 Å². The van der Waals surface area contributed by atoms with Crippen LogP contribution in [0.4, 0.5) is 0 Å². The van der Waals surface area contributed by atoms with E-state index in [1.807, 2.05) is 6.20 Å². The minimum Gasteiger partial charge on any atom is -0.297 e. The monoisotopic (exact) mass is 305 g/mol. The molecule has 1 atom stereocenters. The average Bonchev–Trinajstić information content (AvgIpc) is 3.01. The first-order valence-electron chi connectivity index (χ1n) is 8.50. The van der Waals surface area contributed by atoms with Gasteiger partial charge in [-0.1, -0.05) is 48.0 Å². The molecule has 1 aliphatic rings. The van der Waals surface area contributed by atoms with Crippen LogP contribution in [-0.4, -0.2) is 27.8 Å². The van der Waals surface area contributed by atoms with Crippen LogP contribution < -0.4 is 0 Å². The van der Waals surface area contributed by atoms with Gasteiger partial charge < -0.3 is 0 Å². The zero-order valence-electron chi connectivity index (χ0n) is 13.7. The number of likely N-dealkylation sites (tertiary alicyclic amines) is 1. The highest BCUT2D eigenvalue weighted by Crippen LogP contribution is 2.26. The summed E-state index contributed by atoms with van der Waals surface area (Å²) in [5.74, 6) is 0. The Kier molecular flexibility index (Phi) is 3.88. The molecule has 118 valence electrons. The van der Waals surface area contributed by atoms with Crippen LogP contribution >= 0.6 is 0 Å². The first kappa shape index (κ1) is 14.5. The highest BCUT2D eigenvalue weighted by Gasteiger charge is 2.23. The van der Waals surface area contributed by atoms with Gasteiger partial charge in [0.2, 0.25) is 0 Å². The van der Waals surface area contributed by atoms with E-state index in [1.54, 1.807) is 0 Å². The highest BCUT2D eigenvalue weighted by molar-refractivity contribution is 5.78. The topological polar surface area (TPSA) is 21.1 Å². The number of hydrogen-bond donors (Lipinski definition) is 0. The van der Waals surface area contributed by atoms with Crippen LogP contribution in [0.1, 0.15) is 30.0 Å². The average molecular weight is 305 g/mol. The van der Waals surface area contributed by atoms with Crippen molar-refractivity contribution in [3.8, 4) is 0 Å².